The van der Waals surface area contributed by atoms with Crippen molar-refractivity contribution in [2.45, 2.75) is 12.5 Å². The molecule has 7 heteroatoms. The molecule has 0 amide bonds. The van der Waals surface area contributed by atoms with Crippen LogP contribution in [0.4, 0.5) is 11.6 Å². The molecule has 88 valence electrons. The summed E-state index contributed by atoms with van der Waals surface area (Å²) < 4.78 is 22.5. The zero-order valence-corrected chi connectivity index (χ0v) is 9.50. The number of rotatable bonds is 3. The molecular weight excluding hydrogens is 228 g/mol. The van der Waals surface area contributed by atoms with Gasteiger partial charge >= 0.3 is 0 Å². The van der Waals surface area contributed by atoms with Crippen LogP contribution in [0.15, 0.2) is 18.2 Å². The molecule has 0 spiro atoms. The van der Waals surface area contributed by atoms with Crippen molar-refractivity contribution in [2.24, 2.45) is 5.84 Å². The van der Waals surface area contributed by atoms with E-state index in [4.69, 9.17) is 5.84 Å². The van der Waals surface area contributed by atoms with Gasteiger partial charge in [0.25, 0.3) is 0 Å². The first-order valence-corrected chi connectivity index (χ1v) is 6.82. The molecule has 1 aromatic rings. The summed E-state index contributed by atoms with van der Waals surface area (Å²) in [5.74, 6) is 6.84. The van der Waals surface area contributed by atoms with Crippen molar-refractivity contribution in [1.82, 2.24) is 4.98 Å². The van der Waals surface area contributed by atoms with E-state index in [2.05, 4.69) is 15.7 Å². The molecular formula is C9H14N4O2S. The van der Waals surface area contributed by atoms with Gasteiger partial charge in [0.05, 0.1) is 11.5 Å². The minimum Gasteiger partial charge on any atom is -0.366 e. The Bertz CT molecular complexity index is 474. The van der Waals surface area contributed by atoms with Gasteiger partial charge in [0.2, 0.25) is 0 Å². The second kappa shape index (κ2) is 4.26. The summed E-state index contributed by atoms with van der Waals surface area (Å²) >= 11 is 0. The molecule has 1 aromatic heterocycles. The molecule has 1 atom stereocenters. The average Bonchev–Trinajstić information content (AvgIpc) is 2.58. The number of nitrogen functional groups attached to an aromatic ring is 1. The van der Waals surface area contributed by atoms with Crippen molar-refractivity contribution in [3.63, 3.8) is 0 Å². The lowest BCUT2D eigenvalue weighted by molar-refractivity contribution is 0.602. The molecule has 1 fully saturated rings. The first kappa shape index (κ1) is 11.2. The summed E-state index contributed by atoms with van der Waals surface area (Å²) in [6.45, 7) is 0. The molecule has 1 aliphatic heterocycles. The van der Waals surface area contributed by atoms with Crippen LogP contribution < -0.4 is 16.6 Å². The Morgan fingerprint density at radius 3 is 2.75 bits per heavy atom. The summed E-state index contributed by atoms with van der Waals surface area (Å²) in [5, 5.41) is 3.09. The number of nitrogens with one attached hydrogen (secondary N) is 2. The zero-order valence-electron chi connectivity index (χ0n) is 8.68. The lowest BCUT2D eigenvalue weighted by Gasteiger charge is -2.11. The largest absolute Gasteiger partial charge is 0.366 e. The number of aromatic nitrogens is 1. The Balaban J connectivity index is 2.04. The van der Waals surface area contributed by atoms with Crippen molar-refractivity contribution in [3.05, 3.63) is 18.2 Å². The van der Waals surface area contributed by atoms with Gasteiger partial charge < -0.3 is 10.7 Å². The Morgan fingerprint density at radius 1 is 1.38 bits per heavy atom. The van der Waals surface area contributed by atoms with E-state index in [1.54, 1.807) is 18.2 Å². The highest BCUT2D eigenvalue weighted by molar-refractivity contribution is 7.91. The van der Waals surface area contributed by atoms with Crippen LogP contribution in [-0.4, -0.2) is 30.9 Å². The quantitative estimate of drug-likeness (QED) is 0.508. The van der Waals surface area contributed by atoms with Gasteiger partial charge in [-0.05, 0) is 18.6 Å². The number of hydrazine groups is 1. The minimum atomic E-state index is -2.86. The Labute approximate surface area is 94.1 Å². The Kier molecular flexibility index (Phi) is 2.97. The van der Waals surface area contributed by atoms with E-state index >= 15 is 0 Å². The topological polar surface area (TPSA) is 97.1 Å². The van der Waals surface area contributed by atoms with Crippen molar-refractivity contribution >= 4 is 21.5 Å². The van der Waals surface area contributed by atoms with Crippen molar-refractivity contribution in [1.29, 1.82) is 0 Å². The zero-order chi connectivity index (χ0) is 11.6. The summed E-state index contributed by atoms with van der Waals surface area (Å²) in [6, 6.07) is 5.27. The standard InChI is InChI=1S/C9H14N4O2S/c10-13-9-3-1-2-8(12-9)11-7-4-5-16(14,15)6-7/h1-3,7H,4-6,10H2,(H2,11,12,13). The van der Waals surface area contributed by atoms with Crippen LogP contribution in [0.2, 0.25) is 0 Å². The molecule has 2 rings (SSSR count). The fourth-order valence-corrected chi connectivity index (χ4v) is 3.39. The number of anilines is 2. The van der Waals surface area contributed by atoms with E-state index in [1.807, 2.05) is 0 Å². The summed E-state index contributed by atoms with van der Waals surface area (Å²) in [4.78, 5) is 4.16. The first-order valence-electron chi connectivity index (χ1n) is 5.00. The number of hydrogen-bond donors (Lipinski definition) is 3. The molecule has 1 unspecified atom stereocenters. The van der Waals surface area contributed by atoms with Gasteiger partial charge in [-0.15, -0.1) is 0 Å². The SMILES string of the molecule is NNc1cccc(NC2CCS(=O)(=O)C2)n1. The van der Waals surface area contributed by atoms with Gasteiger partial charge in [0, 0.05) is 6.04 Å². The van der Waals surface area contributed by atoms with Crippen LogP contribution in [0.1, 0.15) is 6.42 Å². The van der Waals surface area contributed by atoms with Crippen LogP contribution in [0.25, 0.3) is 0 Å². The van der Waals surface area contributed by atoms with Crippen LogP contribution >= 0.6 is 0 Å². The van der Waals surface area contributed by atoms with Crippen LogP contribution in [0.5, 0.6) is 0 Å². The first-order chi connectivity index (χ1) is 7.59. The van der Waals surface area contributed by atoms with Crippen molar-refractivity contribution in [2.75, 3.05) is 22.2 Å². The number of hydrogen-bond acceptors (Lipinski definition) is 6. The summed E-state index contributed by atoms with van der Waals surface area (Å²) in [6.07, 6.45) is 0.629. The lowest BCUT2D eigenvalue weighted by atomic mass is 10.2. The predicted octanol–water partition coefficient (Wildman–Crippen LogP) is -0.0338. The number of nitrogens with two attached hydrogens (primary N) is 1. The van der Waals surface area contributed by atoms with Gasteiger partial charge in [-0.3, -0.25) is 0 Å². The van der Waals surface area contributed by atoms with Crippen LogP contribution in [0, 0.1) is 0 Å². The smallest absolute Gasteiger partial charge is 0.152 e. The molecule has 6 nitrogen and oxygen atoms in total. The fourth-order valence-electron chi connectivity index (χ4n) is 1.71. The molecule has 1 saturated heterocycles. The van der Waals surface area contributed by atoms with E-state index in [9.17, 15) is 8.42 Å². The summed E-state index contributed by atoms with van der Waals surface area (Å²) in [7, 11) is -2.86. The molecule has 0 aliphatic carbocycles. The minimum absolute atomic E-state index is 0.0504. The van der Waals surface area contributed by atoms with E-state index < -0.39 is 9.84 Å². The third-order valence-electron chi connectivity index (χ3n) is 2.48. The normalized spacial score (nSPS) is 22.9. The van der Waals surface area contributed by atoms with Gasteiger partial charge in [-0.2, -0.15) is 0 Å². The van der Waals surface area contributed by atoms with Crippen LogP contribution in [-0.2, 0) is 9.84 Å². The maximum absolute atomic E-state index is 11.3. The van der Waals surface area contributed by atoms with Crippen LogP contribution in [0.3, 0.4) is 0 Å². The third-order valence-corrected chi connectivity index (χ3v) is 4.25. The van der Waals surface area contributed by atoms with Crippen molar-refractivity contribution in [3.8, 4) is 0 Å². The van der Waals surface area contributed by atoms with E-state index in [0.29, 0.717) is 18.1 Å². The molecule has 0 saturated carbocycles. The average molecular weight is 242 g/mol. The highest BCUT2D eigenvalue weighted by Crippen LogP contribution is 2.17. The van der Waals surface area contributed by atoms with Gasteiger partial charge in [0.15, 0.2) is 9.84 Å². The predicted molar refractivity (Wildman–Crippen MR) is 62.7 cm³/mol. The molecule has 1 aliphatic rings. The monoisotopic (exact) mass is 242 g/mol. The molecule has 4 N–H and O–H groups in total. The van der Waals surface area contributed by atoms with Gasteiger partial charge in [-0.25, -0.2) is 19.2 Å². The number of nitrogens with zero attached hydrogens (tertiary/aromatic N) is 1. The second-order valence-corrected chi connectivity index (χ2v) is 6.03. The fraction of sp³-hybridized carbons (Fsp3) is 0.444. The highest BCUT2D eigenvalue weighted by Gasteiger charge is 2.27. The van der Waals surface area contributed by atoms with Crippen molar-refractivity contribution < 1.29 is 8.42 Å². The molecule has 0 bridgehead atoms. The Morgan fingerprint density at radius 2 is 2.12 bits per heavy atom. The highest BCUT2D eigenvalue weighted by atomic mass is 32.2. The van der Waals surface area contributed by atoms with E-state index in [0.717, 1.165) is 0 Å². The lowest BCUT2D eigenvalue weighted by Crippen LogP contribution is -2.21. The molecule has 0 radical (unpaired) electrons. The molecule has 0 aromatic carbocycles. The molecule has 2 heterocycles. The summed E-state index contributed by atoms with van der Waals surface area (Å²) in [5.41, 5.74) is 2.44. The number of sulfone groups is 1. The second-order valence-electron chi connectivity index (χ2n) is 3.80. The third kappa shape index (κ3) is 2.61. The van der Waals surface area contributed by atoms with E-state index in [1.165, 1.54) is 0 Å². The van der Waals surface area contributed by atoms with E-state index in [-0.39, 0.29) is 17.5 Å². The maximum atomic E-state index is 11.3. The number of pyridine rings is 1. The van der Waals surface area contributed by atoms with Gasteiger partial charge in [0.1, 0.15) is 11.6 Å². The van der Waals surface area contributed by atoms with Gasteiger partial charge in [-0.1, -0.05) is 6.07 Å². The molecule has 16 heavy (non-hydrogen) atoms. The Hall–Kier alpha value is -1.34. The maximum Gasteiger partial charge on any atom is 0.152 e.